The first-order valence-corrected chi connectivity index (χ1v) is 6.11. The van der Waals surface area contributed by atoms with Crippen LogP contribution in [-0.4, -0.2) is 0 Å². The summed E-state index contributed by atoms with van der Waals surface area (Å²) in [5.74, 6) is 0. The third-order valence-corrected chi connectivity index (χ3v) is 2.69. The van der Waals surface area contributed by atoms with Gasteiger partial charge in [-0.2, -0.15) is 0 Å². The van der Waals surface area contributed by atoms with Gasteiger partial charge < -0.3 is 0 Å². The molecule has 0 saturated heterocycles. The molecule has 0 heteroatoms. The van der Waals surface area contributed by atoms with Gasteiger partial charge in [0.1, 0.15) is 0 Å². The van der Waals surface area contributed by atoms with Crippen molar-refractivity contribution in [1.82, 2.24) is 0 Å². The summed E-state index contributed by atoms with van der Waals surface area (Å²) < 4.78 is 0. The summed E-state index contributed by atoms with van der Waals surface area (Å²) in [6, 6.07) is 0. The maximum Gasteiger partial charge on any atom is -0.0274 e. The minimum atomic E-state index is 1.19. The molecule has 0 saturated carbocycles. The van der Waals surface area contributed by atoms with Crippen LogP contribution in [0.5, 0.6) is 0 Å². The molecular formula is C15H26. The van der Waals surface area contributed by atoms with E-state index < -0.39 is 0 Å². The second kappa shape index (κ2) is 8.52. The van der Waals surface area contributed by atoms with Crippen molar-refractivity contribution in [3.63, 3.8) is 0 Å². The van der Waals surface area contributed by atoms with Gasteiger partial charge >= 0.3 is 0 Å². The number of unbranched alkanes of at least 4 members (excludes halogenated alkanes) is 3. The summed E-state index contributed by atoms with van der Waals surface area (Å²) >= 11 is 0. The van der Waals surface area contributed by atoms with E-state index in [-0.39, 0.29) is 0 Å². The van der Waals surface area contributed by atoms with Gasteiger partial charge in [0.25, 0.3) is 0 Å². The van der Waals surface area contributed by atoms with Crippen LogP contribution in [0.15, 0.2) is 35.5 Å². The molecule has 0 fully saturated rings. The second-order valence-electron chi connectivity index (χ2n) is 4.25. The zero-order valence-electron chi connectivity index (χ0n) is 10.9. The van der Waals surface area contributed by atoms with Gasteiger partial charge in [-0.25, -0.2) is 0 Å². The van der Waals surface area contributed by atoms with Crippen LogP contribution in [0.25, 0.3) is 0 Å². The first-order valence-electron chi connectivity index (χ1n) is 6.11. The molecule has 0 aliphatic rings. The first kappa shape index (κ1) is 14.2. The predicted molar refractivity (Wildman–Crippen MR) is 71.1 cm³/mol. The first-order chi connectivity index (χ1) is 7.13. The largest absolute Gasteiger partial charge is 0.0958 e. The van der Waals surface area contributed by atoms with Crippen LogP contribution in [-0.2, 0) is 0 Å². The average Bonchev–Trinajstić information content (AvgIpc) is 2.17. The van der Waals surface area contributed by atoms with E-state index in [1.165, 1.54) is 48.8 Å². The van der Waals surface area contributed by atoms with E-state index in [0.29, 0.717) is 0 Å². The molecule has 0 heterocycles. The fraction of sp³-hybridized carbons (Fsp3) is 0.600. The third kappa shape index (κ3) is 6.33. The van der Waals surface area contributed by atoms with Crippen molar-refractivity contribution in [2.24, 2.45) is 0 Å². The molecule has 86 valence electrons. The second-order valence-corrected chi connectivity index (χ2v) is 4.25. The lowest BCUT2D eigenvalue weighted by molar-refractivity contribution is 0.665. The fourth-order valence-electron chi connectivity index (χ4n) is 1.83. The Morgan fingerprint density at radius 1 is 1.13 bits per heavy atom. The molecule has 0 aromatic carbocycles. The molecule has 0 aromatic heterocycles. The average molecular weight is 206 g/mol. The van der Waals surface area contributed by atoms with E-state index in [1.54, 1.807) is 0 Å². The van der Waals surface area contributed by atoms with E-state index in [2.05, 4.69) is 46.4 Å². The van der Waals surface area contributed by atoms with Crippen LogP contribution in [0.3, 0.4) is 0 Å². The van der Waals surface area contributed by atoms with Gasteiger partial charge in [0.05, 0.1) is 0 Å². The summed E-state index contributed by atoms with van der Waals surface area (Å²) in [6.07, 6.45) is 10.8. The van der Waals surface area contributed by atoms with Crippen molar-refractivity contribution in [3.05, 3.63) is 35.5 Å². The lowest BCUT2D eigenvalue weighted by atomic mass is 9.96. The maximum atomic E-state index is 4.07. The molecule has 0 N–H and O–H groups in total. The molecule has 0 aromatic rings. The highest BCUT2D eigenvalue weighted by molar-refractivity contribution is 5.36. The normalized spacial score (nSPS) is 13.1. The highest BCUT2D eigenvalue weighted by Crippen LogP contribution is 2.21. The Morgan fingerprint density at radius 3 is 2.27 bits per heavy atom. The third-order valence-electron chi connectivity index (χ3n) is 2.69. The van der Waals surface area contributed by atoms with Gasteiger partial charge in [-0.05, 0) is 44.8 Å². The summed E-state index contributed by atoms with van der Waals surface area (Å²) in [5.41, 5.74) is 4.05. The lowest BCUT2D eigenvalue weighted by Gasteiger charge is -2.09. The molecule has 0 aliphatic heterocycles. The van der Waals surface area contributed by atoms with Crippen molar-refractivity contribution >= 4 is 0 Å². The smallest absolute Gasteiger partial charge is 0.0274 e. The molecule has 0 radical (unpaired) electrons. The highest BCUT2D eigenvalue weighted by atomic mass is 14.1. The summed E-state index contributed by atoms with van der Waals surface area (Å²) in [4.78, 5) is 0. The van der Waals surface area contributed by atoms with Gasteiger partial charge in [-0.1, -0.05) is 50.5 Å². The van der Waals surface area contributed by atoms with Crippen LogP contribution < -0.4 is 0 Å². The Morgan fingerprint density at radius 2 is 1.80 bits per heavy atom. The molecule has 0 amide bonds. The standard InChI is InChI=1S/C15H26/c1-6-8-9-10-12-15(13(3)4)14(5)11-7-2/h7,11H,3,6,8-10,12H2,1-2,4-5H3/b11-7-,15-14-. The van der Waals surface area contributed by atoms with Gasteiger partial charge in [-0.15, -0.1) is 0 Å². The van der Waals surface area contributed by atoms with E-state index in [9.17, 15) is 0 Å². The Bertz CT molecular complexity index is 241. The van der Waals surface area contributed by atoms with Gasteiger partial charge in [0.15, 0.2) is 0 Å². The molecule has 0 atom stereocenters. The van der Waals surface area contributed by atoms with E-state index >= 15 is 0 Å². The van der Waals surface area contributed by atoms with Gasteiger partial charge in [0.2, 0.25) is 0 Å². The maximum absolute atomic E-state index is 4.07. The van der Waals surface area contributed by atoms with E-state index in [4.69, 9.17) is 0 Å². The Balaban J connectivity index is 4.29. The summed E-state index contributed by atoms with van der Waals surface area (Å²) in [7, 11) is 0. The SMILES string of the molecule is C=C(C)/C(CCCCCC)=C(C)\C=C/C. The molecule has 0 bridgehead atoms. The Kier molecular flexibility index (Phi) is 8.08. The monoisotopic (exact) mass is 206 g/mol. The van der Waals surface area contributed by atoms with Crippen molar-refractivity contribution in [1.29, 1.82) is 0 Å². The minimum absolute atomic E-state index is 1.19. The number of hydrogen-bond donors (Lipinski definition) is 0. The van der Waals surface area contributed by atoms with E-state index in [0.717, 1.165) is 0 Å². The van der Waals surface area contributed by atoms with Crippen LogP contribution >= 0.6 is 0 Å². The molecule has 0 rings (SSSR count). The van der Waals surface area contributed by atoms with Crippen LogP contribution in [0, 0.1) is 0 Å². The highest BCUT2D eigenvalue weighted by Gasteiger charge is 2.01. The van der Waals surface area contributed by atoms with Crippen molar-refractivity contribution < 1.29 is 0 Å². The topological polar surface area (TPSA) is 0 Å². The van der Waals surface area contributed by atoms with Crippen LogP contribution in [0.2, 0.25) is 0 Å². The number of hydrogen-bond acceptors (Lipinski definition) is 0. The Labute approximate surface area is 95.8 Å². The van der Waals surface area contributed by atoms with Gasteiger partial charge in [-0.3, -0.25) is 0 Å². The van der Waals surface area contributed by atoms with Crippen molar-refractivity contribution in [3.8, 4) is 0 Å². The predicted octanol–water partition coefficient (Wildman–Crippen LogP) is 5.43. The quantitative estimate of drug-likeness (QED) is 0.385. The van der Waals surface area contributed by atoms with Crippen molar-refractivity contribution in [2.45, 2.75) is 59.8 Å². The number of rotatable bonds is 7. The zero-order valence-corrected chi connectivity index (χ0v) is 10.9. The molecule has 0 unspecified atom stereocenters. The number of allylic oxidation sites excluding steroid dienone is 5. The zero-order chi connectivity index (χ0) is 11.7. The molecule has 15 heavy (non-hydrogen) atoms. The van der Waals surface area contributed by atoms with E-state index in [1.807, 2.05) is 0 Å². The molecular weight excluding hydrogens is 180 g/mol. The molecule has 0 nitrogen and oxygen atoms in total. The van der Waals surface area contributed by atoms with Crippen LogP contribution in [0.1, 0.15) is 59.8 Å². The summed E-state index contributed by atoms with van der Waals surface area (Å²) in [6.45, 7) is 12.7. The lowest BCUT2D eigenvalue weighted by Crippen LogP contribution is -1.90. The fourth-order valence-corrected chi connectivity index (χ4v) is 1.83. The Hall–Kier alpha value is -0.780. The van der Waals surface area contributed by atoms with Gasteiger partial charge in [0, 0.05) is 0 Å². The minimum Gasteiger partial charge on any atom is -0.0958 e. The summed E-state index contributed by atoms with van der Waals surface area (Å²) in [5, 5.41) is 0. The molecule has 0 spiro atoms. The van der Waals surface area contributed by atoms with Crippen molar-refractivity contribution in [2.75, 3.05) is 0 Å². The molecule has 0 aliphatic carbocycles. The van der Waals surface area contributed by atoms with Crippen LogP contribution in [0.4, 0.5) is 0 Å².